The van der Waals surface area contributed by atoms with Crippen molar-refractivity contribution in [2.75, 3.05) is 12.8 Å². The second-order valence-corrected chi connectivity index (χ2v) is 4.84. The van der Waals surface area contributed by atoms with Gasteiger partial charge in [-0.15, -0.1) is 0 Å². The molecular weight excluding hydrogens is 324 g/mol. The average molecular weight is 342 g/mol. The molecule has 2 aromatic rings. The maximum Gasteiger partial charge on any atom is 0.340 e. The van der Waals surface area contributed by atoms with Crippen molar-refractivity contribution >= 4 is 23.3 Å². The number of carbonyl (C=O) groups is 1. The molecule has 0 radical (unpaired) electrons. The predicted octanol–water partition coefficient (Wildman–Crippen LogP) is 4.99. The van der Waals surface area contributed by atoms with E-state index in [1.54, 1.807) is 6.92 Å². The van der Waals surface area contributed by atoms with Crippen LogP contribution in [0.4, 0.5) is 14.5 Å². The molecule has 0 bridgehead atoms. The van der Waals surface area contributed by atoms with Gasteiger partial charge in [-0.1, -0.05) is 25.4 Å². The van der Waals surface area contributed by atoms with Gasteiger partial charge >= 0.3 is 5.97 Å². The summed E-state index contributed by atoms with van der Waals surface area (Å²) in [6, 6.07) is 4.47. The summed E-state index contributed by atoms with van der Waals surface area (Å²) in [5, 5.41) is 0.132. The third-order valence-electron chi connectivity index (χ3n) is 3.18. The van der Waals surface area contributed by atoms with Gasteiger partial charge in [-0.3, -0.25) is 0 Å². The minimum atomic E-state index is -0.759. The highest BCUT2D eigenvalue weighted by atomic mass is 35.5. The first-order chi connectivity index (χ1) is 10.9. The number of benzene rings is 2. The van der Waals surface area contributed by atoms with Gasteiger partial charge in [0.1, 0.15) is 11.6 Å². The zero-order valence-electron chi connectivity index (χ0n) is 13.3. The topological polar surface area (TPSA) is 52.3 Å². The van der Waals surface area contributed by atoms with Crippen LogP contribution in [0.5, 0.6) is 0 Å². The van der Waals surface area contributed by atoms with Gasteiger partial charge in [-0.25, -0.2) is 13.6 Å². The SMILES string of the molecule is CC.COC(=O)c1cc(Cl)c(-c2ccc(F)cc2F)c(C)c1N. The first-order valence-electron chi connectivity index (χ1n) is 6.99. The molecule has 6 heteroatoms. The Morgan fingerprint density at radius 3 is 2.35 bits per heavy atom. The van der Waals surface area contributed by atoms with Crippen LogP contribution in [-0.2, 0) is 4.74 Å². The first-order valence-corrected chi connectivity index (χ1v) is 7.37. The number of anilines is 1. The van der Waals surface area contributed by atoms with Gasteiger partial charge in [0, 0.05) is 27.9 Å². The van der Waals surface area contributed by atoms with E-state index in [-0.39, 0.29) is 21.8 Å². The lowest BCUT2D eigenvalue weighted by atomic mass is 9.96. The lowest BCUT2D eigenvalue weighted by Crippen LogP contribution is -2.08. The molecule has 0 spiro atoms. The molecule has 0 fully saturated rings. The first kappa shape index (κ1) is 18.9. The third kappa shape index (κ3) is 3.79. The molecule has 0 amide bonds. The zero-order chi connectivity index (χ0) is 17.7. The number of hydrogen-bond donors (Lipinski definition) is 1. The van der Waals surface area contributed by atoms with E-state index < -0.39 is 17.6 Å². The Hall–Kier alpha value is -2.14. The van der Waals surface area contributed by atoms with Crippen LogP contribution in [0.15, 0.2) is 24.3 Å². The molecule has 0 unspecified atom stereocenters. The van der Waals surface area contributed by atoms with Crippen molar-refractivity contribution in [1.29, 1.82) is 0 Å². The standard InChI is InChI=1S/C15H12ClF2NO2.C2H6/c1-7-13(9-4-3-8(17)5-12(9)18)11(16)6-10(14(7)19)15(20)21-2;1-2/h3-6H,19H2,1-2H3;1-2H3. The van der Waals surface area contributed by atoms with Gasteiger partial charge in [0.25, 0.3) is 0 Å². The number of halogens is 3. The van der Waals surface area contributed by atoms with Crippen LogP contribution in [0.2, 0.25) is 5.02 Å². The largest absolute Gasteiger partial charge is 0.465 e. The van der Waals surface area contributed by atoms with E-state index in [4.69, 9.17) is 17.3 Å². The van der Waals surface area contributed by atoms with Crippen LogP contribution in [0, 0.1) is 18.6 Å². The van der Waals surface area contributed by atoms with E-state index in [2.05, 4.69) is 4.74 Å². The Bertz CT molecular complexity index is 733. The smallest absolute Gasteiger partial charge is 0.340 e. The van der Waals surface area contributed by atoms with Crippen LogP contribution in [0.25, 0.3) is 11.1 Å². The summed E-state index contributed by atoms with van der Waals surface area (Å²) >= 11 is 6.13. The summed E-state index contributed by atoms with van der Waals surface area (Å²) in [5.41, 5.74) is 6.99. The van der Waals surface area contributed by atoms with Gasteiger partial charge in [-0.05, 0) is 30.7 Å². The molecule has 0 aliphatic rings. The summed E-state index contributed by atoms with van der Waals surface area (Å²) in [4.78, 5) is 11.6. The van der Waals surface area contributed by atoms with E-state index in [0.29, 0.717) is 11.1 Å². The lowest BCUT2D eigenvalue weighted by molar-refractivity contribution is 0.0602. The Morgan fingerprint density at radius 1 is 1.22 bits per heavy atom. The summed E-state index contributed by atoms with van der Waals surface area (Å²) in [5.74, 6) is -2.09. The highest BCUT2D eigenvalue weighted by Gasteiger charge is 2.20. The predicted molar refractivity (Wildman–Crippen MR) is 88.6 cm³/mol. The van der Waals surface area contributed by atoms with Crippen LogP contribution in [-0.4, -0.2) is 13.1 Å². The van der Waals surface area contributed by atoms with Gasteiger partial charge in [0.05, 0.1) is 12.7 Å². The minimum absolute atomic E-state index is 0.103. The van der Waals surface area contributed by atoms with E-state index in [1.807, 2.05) is 13.8 Å². The van der Waals surface area contributed by atoms with Gasteiger partial charge in [-0.2, -0.15) is 0 Å². The summed E-state index contributed by atoms with van der Waals surface area (Å²) in [6.45, 7) is 5.60. The van der Waals surface area contributed by atoms with E-state index >= 15 is 0 Å². The number of ether oxygens (including phenoxy) is 1. The Kier molecular flexibility index (Phi) is 6.51. The van der Waals surface area contributed by atoms with Crippen molar-refractivity contribution in [2.24, 2.45) is 0 Å². The number of rotatable bonds is 2. The molecule has 23 heavy (non-hydrogen) atoms. The molecule has 0 aliphatic heterocycles. The molecule has 0 saturated carbocycles. The second kappa shape index (κ2) is 7.92. The number of nitrogen functional groups attached to an aromatic ring is 1. The number of hydrogen-bond acceptors (Lipinski definition) is 3. The van der Waals surface area contributed by atoms with Crippen LogP contribution >= 0.6 is 11.6 Å². The van der Waals surface area contributed by atoms with Crippen molar-refractivity contribution in [1.82, 2.24) is 0 Å². The summed E-state index contributed by atoms with van der Waals surface area (Å²) in [7, 11) is 1.22. The van der Waals surface area contributed by atoms with Crippen LogP contribution in [0.3, 0.4) is 0 Å². The fraction of sp³-hybridized carbons (Fsp3) is 0.235. The zero-order valence-corrected chi connectivity index (χ0v) is 14.1. The fourth-order valence-electron chi connectivity index (χ4n) is 2.09. The van der Waals surface area contributed by atoms with E-state index in [0.717, 1.165) is 12.1 Å². The Balaban J connectivity index is 0.00000127. The molecule has 2 aromatic carbocycles. The minimum Gasteiger partial charge on any atom is -0.465 e. The maximum absolute atomic E-state index is 13.9. The summed E-state index contributed by atoms with van der Waals surface area (Å²) in [6.07, 6.45) is 0. The van der Waals surface area contributed by atoms with Gasteiger partial charge in [0.15, 0.2) is 0 Å². The molecule has 0 aliphatic carbocycles. The number of nitrogens with two attached hydrogens (primary N) is 1. The lowest BCUT2D eigenvalue weighted by Gasteiger charge is -2.15. The fourth-order valence-corrected chi connectivity index (χ4v) is 2.45. The molecule has 0 atom stereocenters. The molecule has 0 saturated heterocycles. The van der Waals surface area contributed by atoms with Crippen LogP contribution < -0.4 is 5.73 Å². The van der Waals surface area contributed by atoms with Gasteiger partial charge in [0.2, 0.25) is 0 Å². The number of carbonyl (C=O) groups excluding carboxylic acids is 1. The normalized spacial score (nSPS) is 9.87. The molecule has 124 valence electrons. The molecular formula is C17H18ClF2NO2. The molecule has 3 nitrogen and oxygen atoms in total. The summed E-state index contributed by atoms with van der Waals surface area (Å²) < 4.78 is 31.5. The molecule has 0 heterocycles. The molecule has 2 rings (SSSR count). The van der Waals surface area contributed by atoms with Crippen LogP contribution in [0.1, 0.15) is 29.8 Å². The van der Waals surface area contributed by atoms with E-state index in [1.165, 1.54) is 19.2 Å². The van der Waals surface area contributed by atoms with Gasteiger partial charge < -0.3 is 10.5 Å². The quantitative estimate of drug-likeness (QED) is 0.618. The highest BCUT2D eigenvalue weighted by molar-refractivity contribution is 6.34. The molecule has 2 N–H and O–H groups in total. The monoisotopic (exact) mass is 341 g/mol. The molecule has 0 aromatic heterocycles. The van der Waals surface area contributed by atoms with Crippen molar-refractivity contribution in [3.8, 4) is 11.1 Å². The van der Waals surface area contributed by atoms with Crippen molar-refractivity contribution < 1.29 is 18.3 Å². The number of esters is 1. The van der Waals surface area contributed by atoms with Crippen molar-refractivity contribution in [2.45, 2.75) is 20.8 Å². The Labute approximate surface area is 139 Å². The Morgan fingerprint density at radius 2 is 1.83 bits per heavy atom. The third-order valence-corrected chi connectivity index (χ3v) is 3.48. The van der Waals surface area contributed by atoms with Crippen molar-refractivity contribution in [3.63, 3.8) is 0 Å². The average Bonchev–Trinajstić information content (AvgIpc) is 2.54. The maximum atomic E-state index is 13.9. The number of methoxy groups -OCH3 is 1. The van der Waals surface area contributed by atoms with E-state index in [9.17, 15) is 13.6 Å². The second-order valence-electron chi connectivity index (χ2n) is 4.44. The highest BCUT2D eigenvalue weighted by Crippen LogP contribution is 2.38. The van der Waals surface area contributed by atoms with Crippen molar-refractivity contribution in [3.05, 3.63) is 52.0 Å².